The van der Waals surface area contributed by atoms with Crippen LogP contribution >= 0.6 is 11.3 Å². The number of rotatable bonds is 4. The van der Waals surface area contributed by atoms with Crippen LogP contribution in [0.2, 0.25) is 0 Å². The zero-order chi connectivity index (χ0) is 13.8. The molecule has 0 fully saturated rings. The molecule has 0 bridgehead atoms. The molecule has 2 aromatic rings. The minimum Gasteiger partial charge on any atom is -0.465 e. The number of nitrogens with one attached hydrogen (secondary N) is 1. The number of hydrogen-bond acceptors (Lipinski definition) is 4. The van der Waals surface area contributed by atoms with E-state index >= 15 is 0 Å². The molecule has 20 heavy (non-hydrogen) atoms. The Morgan fingerprint density at radius 1 is 1.30 bits per heavy atom. The average molecular weight is 287 g/mol. The number of esters is 1. The molecule has 1 unspecified atom stereocenters. The summed E-state index contributed by atoms with van der Waals surface area (Å²) >= 11 is 1.70. The van der Waals surface area contributed by atoms with E-state index in [0.717, 1.165) is 30.6 Å². The van der Waals surface area contributed by atoms with Crippen molar-refractivity contribution in [1.29, 1.82) is 0 Å². The van der Waals surface area contributed by atoms with Gasteiger partial charge in [0.25, 0.3) is 0 Å². The normalized spacial score (nSPS) is 17.1. The van der Waals surface area contributed by atoms with Crippen LogP contribution in [0, 0.1) is 0 Å². The molecule has 0 aliphatic carbocycles. The van der Waals surface area contributed by atoms with E-state index in [-0.39, 0.29) is 11.9 Å². The first-order valence-electron chi connectivity index (χ1n) is 6.86. The van der Waals surface area contributed by atoms with Gasteiger partial charge in [-0.1, -0.05) is 24.3 Å². The van der Waals surface area contributed by atoms with Gasteiger partial charge >= 0.3 is 5.97 Å². The Hall–Kier alpha value is -1.81. The lowest BCUT2D eigenvalue weighted by Gasteiger charge is -2.25. The van der Waals surface area contributed by atoms with Crippen LogP contribution in [-0.2, 0) is 16.0 Å². The Kier molecular flexibility index (Phi) is 4.02. The van der Waals surface area contributed by atoms with Gasteiger partial charge in [-0.2, -0.15) is 0 Å². The summed E-state index contributed by atoms with van der Waals surface area (Å²) < 4.78 is 5.45. The van der Waals surface area contributed by atoms with E-state index in [2.05, 4.69) is 11.4 Å². The summed E-state index contributed by atoms with van der Waals surface area (Å²) in [7, 11) is 0. The summed E-state index contributed by atoms with van der Waals surface area (Å²) in [6.07, 6.45) is 1.60. The first-order valence-corrected chi connectivity index (χ1v) is 7.74. The molecule has 1 aliphatic rings. The van der Waals surface area contributed by atoms with Gasteiger partial charge in [0.15, 0.2) is 0 Å². The molecule has 1 aromatic carbocycles. The average Bonchev–Trinajstić information content (AvgIpc) is 3.00. The maximum absolute atomic E-state index is 12.2. The van der Waals surface area contributed by atoms with Crippen LogP contribution in [0.5, 0.6) is 0 Å². The fraction of sp³-hybridized carbons (Fsp3) is 0.312. The van der Waals surface area contributed by atoms with E-state index in [1.807, 2.05) is 35.7 Å². The molecule has 1 atom stereocenters. The van der Waals surface area contributed by atoms with Gasteiger partial charge < -0.3 is 10.1 Å². The van der Waals surface area contributed by atoms with E-state index in [9.17, 15) is 4.79 Å². The highest BCUT2D eigenvalue weighted by molar-refractivity contribution is 7.09. The molecule has 2 heterocycles. The molecule has 0 saturated heterocycles. The van der Waals surface area contributed by atoms with Gasteiger partial charge in [-0.3, -0.25) is 4.79 Å². The van der Waals surface area contributed by atoms with E-state index < -0.39 is 0 Å². The third-order valence-electron chi connectivity index (χ3n) is 3.54. The fourth-order valence-corrected chi connectivity index (χ4v) is 3.21. The van der Waals surface area contributed by atoms with Crippen molar-refractivity contribution in [2.24, 2.45) is 0 Å². The molecule has 3 rings (SSSR count). The Morgan fingerprint density at radius 2 is 2.20 bits per heavy atom. The third-order valence-corrected chi connectivity index (χ3v) is 4.48. The lowest BCUT2D eigenvalue weighted by Crippen LogP contribution is -2.25. The standard InChI is InChI=1S/C16H17NO2S/c18-16(19-10-8-12-4-3-11-20-12)14-7-9-17-15-6-2-1-5-13(14)15/h1-6,11,14,17H,7-10H2. The van der Waals surface area contributed by atoms with Crippen molar-refractivity contribution in [3.05, 3.63) is 52.2 Å². The molecule has 104 valence electrons. The Bertz CT molecular complexity index is 580. The number of thiophene rings is 1. The SMILES string of the molecule is O=C(OCCc1cccs1)C1CCNc2ccccc21. The molecular formula is C16H17NO2S. The number of hydrogen-bond donors (Lipinski definition) is 1. The van der Waals surface area contributed by atoms with Gasteiger partial charge in [0.05, 0.1) is 12.5 Å². The van der Waals surface area contributed by atoms with Gasteiger partial charge in [-0.05, 0) is 29.5 Å². The van der Waals surface area contributed by atoms with Gasteiger partial charge in [0, 0.05) is 23.5 Å². The second kappa shape index (κ2) is 6.09. The maximum Gasteiger partial charge on any atom is 0.313 e. The van der Waals surface area contributed by atoms with Crippen LogP contribution in [0.3, 0.4) is 0 Å². The van der Waals surface area contributed by atoms with Crippen molar-refractivity contribution >= 4 is 23.0 Å². The van der Waals surface area contributed by atoms with Crippen LogP contribution in [0.25, 0.3) is 0 Å². The molecule has 1 aromatic heterocycles. The van der Waals surface area contributed by atoms with Crippen molar-refractivity contribution in [3.63, 3.8) is 0 Å². The van der Waals surface area contributed by atoms with Crippen LogP contribution in [0.4, 0.5) is 5.69 Å². The Morgan fingerprint density at radius 3 is 3.05 bits per heavy atom. The summed E-state index contributed by atoms with van der Waals surface area (Å²) in [5, 5.41) is 5.36. The topological polar surface area (TPSA) is 38.3 Å². The third kappa shape index (κ3) is 2.85. The molecule has 3 nitrogen and oxygen atoms in total. The number of fused-ring (bicyclic) bond motifs is 1. The van der Waals surface area contributed by atoms with Crippen molar-refractivity contribution < 1.29 is 9.53 Å². The second-order valence-corrected chi connectivity index (χ2v) is 5.88. The lowest BCUT2D eigenvalue weighted by atomic mass is 9.91. The minimum absolute atomic E-state index is 0.101. The predicted octanol–water partition coefficient (Wildman–Crippen LogP) is 3.43. The molecule has 1 N–H and O–H groups in total. The van der Waals surface area contributed by atoms with Crippen molar-refractivity contribution in [3.8, 4) is 0 Å². The highest BCUT2D eigenvalue weighted by Crippen LogP contribution is 2.32. The maximum atomic E-state index is 12.2. The Balaban J connectivity index is 1.60. The smallest absolute Gasteiger partial charge is 0.313 e. The lowest BCUT2D eigenvalue weighted by molar-refractivity contribution is -0.145. The number of ether oxygens (including phenoxy) is 1. The number of carbonyl (C=O) groups excluding carboxylic acids is 1. The Labute approximate surface area is 122 Å². The highest BCUT2D eigenvalue weighted by atomic mass is 32.1. The number of anilines is 1. The summed E-state index contributed by atoms with van der Waals surface area (Å²) in [6.45, 7) is 1.28. The van der Waals surface area contributed by atoms with Crippen molar-refractivity contribution in [1.82, 2.24) is 0 Å². The highest BCUT2D eigenvalue weighted by Gasteiger charge is 2.27. The molecule has 0 saturated carbocycles. The summed E-state index contributed by atoms with van der Waals surface area (Å²) in [6, 6.07) is 12.1. The zero-order valence-electron chi connectivity index (χ0n) is 11.2. The molecular weight excluding hydrogens is 270 g/mol. The number of benzene rings is 1. The van der Waals surface area contributed by atoms with Crippen molar-refractivity contribution in [2.75, 3.05) is 18.5 Å². The monoisotopic (exact) mass is 287 g/mol. The molecule has 0 spiro atoms. The van der Waals surface area contributed by atoms with Crippen LogP contribution in [0.1, 0.15) is 22.8 Å². The summed E-state index contributed by atoms with van der Waals surface area (Å²) in [4.78, 5) is 13.5. The second-order valence-electron chi connectivity index (χ2n) is 4.85. The molecule has 4 heteroatoms. The van der Waals surface area contributed by atoms with Crippen LogP contribution in [-0.4, -0.2) is 19.1 Å². The zero-order valence-corrected chi connectivity index (χ0v) is 12.0. The molecule has 1 aliphatic heterocycles. The first kappa shape index (κ1) is 13.2. The van der Waals surface area contributed by atoms with Crippen LogP contribution < -0.4 is 5.32 Å². The summed E-state index contributed by atoms with van der Waals surface area (Å²) in [5.41, 5.74) is 2.11. The molecule has 0 radical (unpaired) electrons. The van der Waals surface area contributed by atoms with E-state index in [0.29, 0.717) is 6.61 Å². The largest absolute Gasteiger partial charge is 0.465 e. The van der Waals surface area contributed by atoms with Gasteiger partial charge in [-0.25, -0.2) is 0 Å². The molecule has 0 amide bonds. The fourth-order valence-electron chi connectivity index (χ4n) is 2.52. The summed E-state index contributed by atoms with van der Waals surface area (Å²) in [5.74, 6) is -0.230. The number of carbonyl (C=O) groups is 1. The quantitative estimate of drug-likeness (QED) is 0.876. The van der Waals surface area contributed by atoms with Gasteiger partial charge in [0.1, 0.15) is 0 Å². The van der Waals surface area contributed by atoms with Crippen LogP contribution in [0.15, 0.2) is 41.8 Å². The van der Waals surface area contributed by atoms with E-state index in [1.165, 1.54) is 4.88 Å². The van der Waals surface area contributed by atoms with Gasteiger partial charge in [0.2, 0.25) is 0 Å². The van der Waals surface area contributed by atoms with E-state index in [1.54, 1.807) is 11.3 Å². The van der Waals surface area contributed by atoms with Gasteiger partial charge in [-0.15, -0.1) is 11.3 Å². The van der Waals surface area contributed by atoms with Crippen molar-refractivity contribution in [2.45, 2.75) is 18.8 Å². The predicted molar refractivity (Wildman–Crippen MR) is 81.3 cm³/mol. The number of para-hydroxylation sites is 1. The first-order chi connectivity index (χ1) is 9.84. The van der Waals surface area contributed by atoms with E-state index in [4.69, 9.17) is 4.74 Å². The minimum atomic E-state index is -0.129.